The molecule has 1 aromatic carbocycles. The number of benzene rings is 1. The third-order valence-electron chi connectivity index (χ3n) is 1.84. The Morgan fingerprint density at radius 3 is 2.73 bits per heavy atom. The Hall–Kier alpha value is -1.05. The lowest BCUT2D eigenvalue weighted by Crippen LogP contribution is -2.03. The number of nitriles is 1. The fraction of sp³-hybridized carbons (Fsp3) is 0.200. The quantitative estimate of drug-likeness (QED) is 0.870. The zero-order chi connectivity index (χ0) is 11.4. The van der Waals surface area contributed by atoms with Crippen LogP contribution >= 0.6 is 27.5 Å². The molecule has 0 bridgehead atoms. The molecule has 0 aromatic heterocycles. The van der Waals surface area contributed by atoms with E-state index < -0.39 is 5.97 Å². The summed E-state index contributed by atoms with van der Waals surface area (Å²) in [5.74, 6) is -0.679. The van der Waals surface area contributed by atoms with E-state index in [1.165, 1.54) is 0 Å². The van der Waals surface area contributed by atoms with Crippen molar-refractivity contribution in [2.45, 2.75) is 12.3 Å². The van der Waals surface area contributed by atoms with Gasteiger partial charge in [0.05, 0.1) is 12.0 Å². The maximum Gasteiger partial charge on any atom is 0.307 e. The van der Waals surface area contributed by atoms with Crippen molar-refractivity contribution >= 4 is 33.5 Å². The summed E-state index contributed by atoms with van der Waals surface area (Å²) < 4.78 is 0.583. The van der Waals surface area contributed by atoms with Gasteiger partial charge in [0.1, 0.15) is 6.07 Å². The highest BCUT2D eigenvalue weighted by Gasteiger charge is 2.11. The average molecular weight is 289 g/mol. The van der Waals surface area contributed by atoms with Gasteiger partial charge in [0, 0.05) is 10.4 Å². The van der Waals surface area contributed by atoms with Crippen LogP contribution in [0.2, 0.25) is 0 Å². The highest BCUT2D eigenvalue weighted by Crippen LogP contribution is 2.23. The molecular weight excluding hydrogens is 281 g/mol. The first-order valence-corrected chi connectivity index (χ1v) is 5.40. The highest BCUT2D eigenvalue weighted by molar-refractivity contribution is 9.10. The summed E-state index contributed by atoms with van der Waals surface area (Å²) in [4.78, 5) is 10.6. The first kappa shape index (κ1) is 12.0. The summed E-state index contributed by atoms with van der Waals surface area (Å²) in [5.41, 5.74) is 1.63. The van der Waals surface area contributed by atoms with E-state index >= 15 is 0 Å². The third-order valence-corrected chi connectivity index (χ3v) is 2.77. The van der Waals surface area contributed by atoms with Crippen molar-refractivity contribution in [2.24, 2.45) is 0 Å². The number of carboxylic acid groups (broad SMARTS) is 1. The fourth-order valence-electron chi connectivity index (χ4n) is 1.23. The van der Waals surface area contributed by atoms with Crippen molar-refractivity contribution in [3.05, 3.63) is 33.3 Å². The Kier molecular flexibility index (Phi) is 4.13. The minimum absolute atomic E-state index is 0.174. The molecule has 1 aromatic rings. The number of hydrogen-bond donors (Lipinski definition) is 1. The van der Waals surface area contributed by atoms with Gasteiger partial charge in [-0.3, -0.25) is 4.79 Å². The molecule has 0 heterocycles. The molecule has 0 fully saturated rings. The van der Waals surface area contributed by atoms with E-state index in [-0.39, 0.29) is 12.3 Å². The van der Waals surface area contributed by atoms with Gasteiger partial charge in [0.15, 0.2) is 0 Å². The minimum Gasteiger partial charge on any atom is -0.481 e. The second-order valence-corrected chi connectivity index (χ2v) is 4.05. The zero-order valence-electron chi connectivity index (χ0n) is 7.63. The van der Waals surface area contributed by atoms with Crippen LogP contribution < -0.4 is 0 Å². The van der Waals surface area contributed by atoms with E-state index in [9.17, 15) is 4.79 Å². The van der Waals surface area contributed by atoms with E-state index in [2.05, 4.69) is 15.9 Å². The molecule has 0 amide bonds. The number of nitrogens with zero attached hydrogens (tertiary/aromatic N) is 1. The molecule has 0 spiro atoms. The number of rotatable bonds is 3. The lowest BCUT2D eigenvalue weighted by atomic mass is 10.0. The largest absolute Gasteiger partial charge is 0.481 e. The number of halogens is 2. The van der Waals surface area contributed by atoms with Gasteiger partial charge in [-0.15, -0.1) is 11.6 Å². The number of carbonyl (C=O) groups is 1. The van der Waals surface area contributed by atoms with Gasteiger partial charge in [-0.05, 0) is 33.1 Å². The Balaban J connectivity index is 3.27. The van der Waals surface area contributed by atoms with Gasteiger partial charge >= 0.3 is 5.97 Å². The van der Waals surface area contributed by atoms with Crippen molar-refractivity contribution in [3.63, 3.8) is 0 Å². The van der Waals surface area contributed by atoms with Crippen LogP contribution in [0.4, 0.5) is 0 Å². The van der Waals surface area contributed by atoms with Crippen LogP contribution in [-0.2, 0) is 17.1 Å². The lowest BCUT2D eigenvalue weighted by Gasteiger charge is -2.06. The van der Waals surface area contributed by atoms with Gasteiger partial charge in [-0.25, -0.2) is 0 Å². The Morgan fingerprint density at radius 1 is 1.60 bits per heavy atom. The van der Waals surface area contributed by atoms with Crippen LogP contribution in [0, 0.1) is 11.3 Å². The van der Waals surface area contributed by atoms with Crippen LogP contribution in [0.1, 0.15) is 16.7 Å². The molecule has 78 valence electrons. The molecule has 5 heteroatoms. The first-order chi connectivity index (χ1) is 7.08. The van der Waals surface area contributed by atoms with Gasteiger partial charge < -0.3 is 5.11 Å². The van der Waals surface area contributed by atoms with Crippen LogP contribution in [0.5, 0.6) is 0 Å². The van der Waals surface area contributed by atoms with Crippen molar-refractivity contribution in [1.29, 1.82) is 5.26 Å². The summed E-state index contributed by atoms with van der Waals surface area (Å²) >= 11 is 8.87. The Morgan fingerprint density at radius 2 is 2.27 bits per heavy atom. The number of alkyl halides is 1. The molecule has 0 saturated carbocycles. The summed E-state index contributed by atoms with van der Waals surface area (Å²) in [6, 6.07) is 5.33. The topological polar surface area (TPSA) is 61.1 Å². The Bertz CT molecular complexity index is 440. The van der Waals surface area contributed by atoms with Crippen molar-refractivity contribution in [3.8, 4) is 6.07 Å². The summed E-state index contributed by atoms with van der Waals surface area (Å²) in [6.45, 7) is 0. The third kappa shape index (κ3) is 2.95. The van der Waals surface area contributed by atoms with Crippen molar-refractivity contribution < 1.29 is 9.90 Å². The average Bonchev–Trinajstić information content (AvgIpc) is 2.16. The summed E-state index contributed by atoms with van der Waals surface area (Å²) in [6.07, 6.45) is -0.174. The lowest BCUT2D eigenvalue weighted by molar-refractivity contribution is -0.136. The van der Waals surface area contributed by atoms with Crippen LogP contribution in [0.25, 0.3) is 0 Å². The molecule has 0 atom stereocenters. The predicted molar refractivity (Wildman–Crippen MR) is 59.8 cm³/mol. The molecule has 3 nitrogen and oxygen atoms in total. The van der Waals surface area contributed by atoms with Gasteiger partial charge in [-0.1, -0.05) is 6.07 Å². The van der Waals surface area contributed by atoms with Crippen LogP contribution in [0.3, 0.4) is 0 Å². The summed E-state index contributed by atoms with van der Waals surface area (Å²) in [5, 5.41) is 17.6. The maximum atomic E-state index is 10.6. The number of hydrogen-bond acceptors (Lipinski definition) is 2. The van der Waals surface area contributed by atoms with E-state index in [0.29, 0.717) is 15.6 Å². The molecular formula is C10H7BrClNO2. The molecule has 0 saturated heterocycles. The smallest absolute Gasteiger partial charge is 0.307 e. The van der Waals surface area contributed by atoms with Gasteiger partial charge in [-0.2, -0.15) is 5.26 Å². The molecule has 0 aliphatic rings. The molecule has 0 radical (unpaired) electrons. The number of carboxylic acids is 1. The molecule has 1 N–H and O–H groups in total. The van der Waals surface area contributed by atoms with Gasteiger partial charge in [0.25, 0.3) is 0 Å². The monoisotopic (exact) mass is 287 g/mol. The second-order valence-electron chi connectivity index (χ2n) is 2.93. The van der Waals surface area contributed by atoms with E-state index in [1.54, 1.807) is 12.1 Å². The van der Waals surface area contributed by atoms with Crippen LogP contribution in [-0.4, -0.2) is 11.1 Å². The fourth-order valence-corrected chi connectivity index (χ4v) is 2.02. The normalized spacial score (nSPS) is 9.67. The van der Waals surface area contributed by atoms with Crippen molar-refractivity contribution in [1.82, 2.24) is 0 Å². The molecule has 15 heavy (non-hydrogen) atoms. The second kappa shape index (κ2) is 5.15. The zero-order valence-corrected chi connectivity index (χ0v) is 9.97. The maximum absolute atomic E-state index is 10.6. The minimum atomic E-state index is -0.967. The molecule has 0 unspecified atom stereocenters. The van der Waals surface area contributed by atoms with E-state index in [1.807, 2.05) is 6.07 Å². The first-order valence-electron chi connectivity index (χ1n) is 4.07. The molecule has 0 aliphatic carbocycles. The number of aliphatic carboxylic acids is 1. The van der Waals surface area contributed by atoms with Gasteiger partial charge in [0.2, 0.25) is 0 Å². The molecule has 0 aliphatic heterocycles. The Labute approximate surface area is 100 Å². The standard InChI is InChI=1S/C10H7BrClNO2/c11-9-2-6(4-12)1-7(3-10(14)15)8(9)5-13/h1-2H,3-4H2,(H,14,15). The van der Waals surface area contributed by atoms with Crippen LogP contribution in [0.15, 0.2) is 16.6 Å². The van der Waals surface area contributed by atoms with E-state index in [4.69, 9.17) is 22.0 Å². The highest BCUT2D eigenvalue weighted by atomic mass is 79.9. The SMILES string of the molecule is N#Cc1c(Br)cc(CCl)cc1CC(=O)O. The molecule has 1 rings (SSSR count). The van der Waals surface area contributed by atoms with E-state index in [0.717, 1.165) is 5.56 Å². The van der Waals surface area contributed by atoms with Crippen molar-refractivity contribution in [2.75, 3.05) is 0 Å². The predicted octanol–water partition coefficient (Wildman–Crippen LogP) is 2.69. The summed E-state index contributed by atoms with van der Waals surface area (Å²) in [7, 11) is 0.